The molecule has 2 aromatic rings. The summed E-state index contributed by atoms with van der Waals surface area (Å²) in [6, 6.07) is 11.2. The molecule has 1 atom stereocenters. The molecule has 0 bridgehead atoms. The Kier molecular flexibility index (Phi) is 4.53. The van der Waals surface area contributed by atoms with Crippen LogP contribution in [0.5, 0.6) is 0 Å². The molecule has 2 rings (SSSR count). The second-order valence-corrected chi connectivity index (χ2v) is 5.59. The minimum absolute atomic E-state index is 0.204. The largest absolute Gasteiger partial charge is 0.394 e. The number of rotatable bonds is 4. The van der Waals surface area contributed by atoms with Crippen molar-refractivity contribution < 1.29 is 9.50 Å². The van der Waals surface area contributed by atoms with Crippen LogP contribution >= 0.6 is 23.2 Å². The number of benzene rings is 2. The fraction of sp³-hybridized carbons (Fsp3) is 0.200. The van der Waals surface area contributed by atoms with Crippen LogP contribution in [0.25, 0.3) is 0 Å². The lowest BCUT2D eigenvalue weighted by atomic mass is 9.92. The van der Waals surface area contributed by atoms with E-state index in [2.05, 4.69) is 5.32 Å². The Morgan fingerprint density at radius 3 is 2.55 bits per heavy atom. The average Bonchev–Trinajstić information content (AvgIpc) is 2.38. The minimum atomic E-state index is -0.838. The van der Waals surface area contributed by atoms with Gasteiger partial charge in [-0.05, 0) is 42.8 Å². The molecule has 0 aliphatic carbocycles. The van der Waals surface area contributed by atoms with Crippen molar-refractivity contribution in [3.63, 3.8) is 0 Å². The van der Waals surface area contributed by atoms with Gasteiger partial charge in [0, 0.05) is 15.7 Å². The van der Waals surface area contributed by atoms with Gasteiger partial charge in [0.15, 0.2) is 0 Å². The molecule has 0 fully saturated rings. The maximum absolute atomic E-state index is 13.1. The van der Waals surface area contributed by atoms with Crippen LogP contribution in [0.2, 0.25) is 10.0 Å². The zero-order valence-corrected chi connectivity index (χ0v) is 12.3. The highest BCUT2D eigenvalue weighted by atomic mass is 35.5. The van der Waals surface area contributed by atoms with Gasteiger partial charge >= 0.3 is 0 Å². The van der Waals surface area contributed by atoms with Gasteiger partial charge in [0.2, 0.25) is 0 Å². The summed E-state index contributed by atoms with van der Waals surface area (Å²) >= 11 is 12.0. The van der Waals surface area contributed by atoms with Crippen molar-refractivity contribution in [2.75, 3.05) is 11.9 Å². The molecule has 0 radical (unpaired) electrons. The van der Waals surface area contributed by atoms with Crippen molar-refractivity contribution in [3.05, 3.63) is 63.9 Å². The standard InChI is InChI=1S/C15H14Cl2FNO/c1-15(9-20,13-6-5-11(18)8-14(13)17)19-12-4-2-3-10(16)7-12/h2-8,19-20H,9H2,1H3. The van der Waals surface area contributed by atoms with E-state index in [-0.39, 0.29) is 11.6 Å². The lowest BCUT2D eigenvalue weighted by Crippen LogP contribution is -2.36. The molecular formula is C15H14Cl2FNO. The molecule has 1 unspecified atom stereocenters. The van der Waals surface area contributed by atoms with E-state index < -0.39 is 11.4 Å². The first-order chi connectivity index (χ1) is 9.44. The highest BCUT2D eigenvalue weighted by Gasteiger charge is 2.28. The molecule has 0 aromatic heterocycles. The van der Waals surface area contributed by atoms with Gasteiger partial charge in [-0.1, -0.05) is 35.3 Å². The van der Waals surface area contributed by atoms with Gasteiger partial charge in [0.05, 0.1) is 12.1 Å². The van der Waals surface area contributed by atoms with E-state index in [0.717, 1.165) is 5.69 Å². The van der Waals surface area contributed by atoms with Crippen molar-refractivity contribution in [3.8, 4) is 0 Å². The zero-order valence-electron chi connectivity index (χ0n) is 10.8. The maximum atomic E-state index is 13.1. The van der Waals surface area contributed by atoms with Crippen LogP contribution in [-0.4, -0.2) is 11.7 Å². The first-order valence-corrected chi connectivity index (χ1v) is 6.80. The summed E-state index contributed by atoms with van der Waals surface area (Å²) in [5, 5.41) is 13.7. The molecule has 2 N–H and O–H groups in total. The van der Waals surface area contributed by atoms with E-state index >= 15 is 0 Å². The number of anilines is 1. The first-order valence-electron chi connectivity index (χ1n) is 6.05. The van der Waals surface area contributed by atoms with Gasteiger partial charge < -0.3 is 10.4 Å². The molecule has 0 aliphatic rings. The summed E-state index contributed by atoms with van der Waals surface area (Å²) in [5.74, 6) is -0.415. The molecule has 0 saturated carbocycles. The Morgan fingerprint density at radius 1 is 1.20 bits per heavy atom. The molecule has 0 heterocycles. The smallest absolute Gasteiger partial charge is 0.124 e. The number of hydrogen-bond donors (Lipinski definition) is 2. The van der Waals surface area contributed by atoms with Crippen LogP contribution in [0.1, 0.15) is 12.5 Å². The van der Waals surface area contributed by atoms with Gasteiger partial charge in [0.1, 0.15) is 5.82 Å². The topological polar surface area (TPSA) is 32.3 Å². The van der Waals surface area contributed by atoms with Crippen molar-refractivity contribution in [2.45, 2.75) is 12.5 Å². The molecular weight excluding hydrogens is 300 g/mol. The Bertz CT molecular complexity index is 621. The first kappa shape index (κ1) is 15.1. The monoisotopic (exact) mass is 313 g/mol. The SMILES string of the molecule is CC(CO)(Nc1cccc(Cl)c1)c1ccc(F)cc1Cl. The van der Waals surface area contributed by atoms with E-state index in [0.29, 0.717) is 10.6 Å². The second kappa shape index (κ2) is 6.00. The molecule has 0 amide bonds. The van der Waals surface area contributed by atoms with Crippen LogP contribution < -0.4 is 5.32 Å². The van der Waals surface area contributed by atoms with E-state index in [1.54, 1.807) is 31.2 Å². The highest BCUT2D eigenvalue weighted by molar-refractivity contribution is 6.31. The summed E-state index contributed by atoms with van der Waals surface area (Å²) in [7, 11) is 0. The molecule has 0 aliphatic heterocycles. The summed E-state index contributed by atoms with van der Waals surface area (Å²) in [5.41, 5.74) is 0.521. The van der Waals surface area contributed by atoms with Gasteiger partial charge in [-0.3, -0.25) is 0 Å². The molecule has 2 aromatic carbocycles. The number of halogens is 3. The Hall–Kier alpha value is -1.29. The fourth-order valence-electron chi connectivity index (χ4n) is 2.01. The molecule has 5 heteroatoms. The fourth-order valence-corrected chi connectivity index (χ4v) is 2.58. The van der Waals surface area contributed by atoms with Crippen LogP contribution in [0, 0.1) is 5.82 Å². The Balaban J connectivity index is 2.38. The van der Waals surface area contributed by atoms with Gasteiger partial charge in [-0.15, -0.1) is 0 Å². The second-order valence-electron chi connectivity index (χ2n) is 4.75. The number of nitrogens with one attached hydrogen (secondary N) is 1. The van der Waals surface area contributed by atoms with Crippen LogP contribution in [0.15, 0.2) is 42.5 Å². The predicted molar refractivity (Wildman–Crippen MR) is 80.9 cm³/mol. The van der Waals surface area contributed by atoms with Gasteiger partial charge in [0.25, 0.3) is 0 Å². The average molecular weight is 314 g/mol. The normalized spacial score (nSPS) is 13.8. The minimum Gasteiger partial charge on any atom is -0.394 e. The maximum Gasteiger partial charge on any atom is 0.124 e. The highest BCUT2D eigenvalue weighted by Crippen LogP contribution is 2.32. The van der Waals surface area contributed by atoms with E-state index in [9.17, 15) is 9.50 Å². The van der Waals surface area contributed by atoms with Crippen LogP contribution in [0.3, 0.4) is 0 Å². The summed E-state index contributed by atoms with van der Waals surface area (Å²) < 4.78 is 13.1. The van der Waals surface area contributed by atoms with Crippen molar-refractivity contribution in [1.29, 1.82) is 0 Å². The van der Waals surface area contributed by atoms with Gasteiger partial charge in [-0.2, -0.15) is 0 Å². The molecule has 106 valence electrons. The molecule has 2 nitrogen and oxygen atoms in total. The third kappa shape index (κ3) is 3.23. The summed E-state index contributed by atoms with van der Waals surface area (Å²) in [6.45, 7) is 1.58. The van der Waals surface area contributed by atoms with Crippen LogP contribution in [0.4, 0.5) is 10.1 Å². The van der Waals surface area contributed by atoms with Gasteiger partial charge in [-0.25, -0.2) is 4.39 Å². The quantitative estimate of drug-likeness (QED) is 0.874. The van der Waals surface area contributed by atoms with Crippen molar-refractivity contribution in [2.24, 2.45) is 0 Å². The number of aliphatic hydroxyl groups excluding tert-OH is 1. The molecule has 0 spiro atoms. The Morgan fingerprint density at radius 2 is 1.95 bits per heavy atom. The van der Waals surface area contributed by atoms with Crippen molar-refractivity contribution in [1.82, 2.24) is 0 Å². The Labute approximate surface area is 127 Å². The lowest BCUT2D eigenvalue weighted by Gasteiger charge is -2.31. The van der Waals surface area contributed by atoms with Crippen molar-refractivity contribution >= 4 is 28.9 Å². The molecule has 0 saturated heterocycles. The molecule has 20 heavy (non-hydrogen) atoms. The lowest BCUT2D eigenvalue weighted by molar-refractivity contribution is 0.224. The van der Waals surface area contributed by atoms with Crippen LogP contribution in [-0.2, 0) is 5.54 Å². The summed E-state index contributed by atoms with van der Waals surface area (Å²) in [6.07, 6.45) is 0. The predicted octanol–water partition coefficient (Wildman–Crippen LogP) is 4.45. The number of hydrogen-bond acceptors (Lipinski definition) is 2. The summed E-state index contributed by atoms with van der Waals surface area (Å²) in [4.78, 5) is 0. The number of aliphatic hydroxyl groups is 1. The van der Waals surface area contributed by atoms with E-state index in [1.807, 2.05) is 6.07 Å². The third-order valence-corrected chi connectivity index (χ3v) is 3.63. The third-order valence-electron chi connectivity index (χ3n) is 3.09. The zero-order chi connectivity index (χ0) is 14.8. The van der Waals surface area contributed by atoms with E-state index in [1.165, 1.54) is 12.1 Å². The van der Waals surface area contributed by atoms with E-state index in [4.69, 9.17) is 23.2 Å².